The second kappa shape index (κ2) is 17.6. The minimum atomic E-state index is -0.650. The van der Waals surface area contributed by atoms with Crippen molar-refractivity contribution in [2.75, 3.05) is 35.6 Å². The summed E-state index contributed by atoms with van der Waals surface area (Å²) in [5.74, 6) is -0.682. The molecule has 61 heavy (non-hydrogen) atoms. The zero-order valence-electron chi connectivity index (χ0n) is 33.9. The Morgan fingerprint density at radius 3 is 2.66 bits per heavy atom. The molecule has 3 aromatic carbocycles. The molecule has 0 bridgehead atoms. The lowest BCUT2D eigenvalue weighted by Crippen LogP contribution is -2.52. The Kier molecular flexibility index (Phi) is 11.6. The average molecular weight is 823 g/mol. The van der Waals surface area contributed by atoms with Crippen molar-refractivity contribution in [2.24, 2.45) is 5.92 Å². The zero-order valence-corrected chi connectivity index (χ0v) is 33.9. The SMILES string of the molecule is O=C1CCC(N2Cc3c(NCCCn4cc(CCCC(=O)Nc5cccc(-c6ccc7c(c6)[C@H]6[C@H](CCN6Cc6ccncc6)[C@@H](CO)N7)c5)nn4)cccc3C2=O)C(=O)N1. The number of anilines is 3. The number of pyridine rings is 1. The minimum Gasteiger partial charge on any atom is -0.394 e. The van der Waals surface area contributed by atoms with Crippen molar-refractivity contribution >= 4 is 40.7 Å². The Morgan fingerprint density at radius 2 is 1.80 bits per heavy atom. The predicted molar refractivity (Wildman–Crippen MR) is 229 cm³/mol. The molecule has 0 saturated carbocycles. The molecule has 4 aliphatic heterocycles. The van der Waals surface area contributed by atoms with Crippen LogP contribution in [0.1, 0.15) is 77.3 Å². The number of rotatable bonds is 15. The third-order valence-corrected chi connectivity index (χ3v) is 12.5. The number of aryl methyl sites for hydroxylation is 2. The number of aromatic nitrogens is 4. The van der Waals surface area contributed by atoms with Crippen LogP contribution in [0.25, 0.3) is 11.1 Å². The highest BCUT2D eigenvalue weighted by Crippen LogP contribution is 2.48. The largest absolute Gasteiger partial charge is 0.394 e. The third-order valence-electron chi connectivity index (χ3n) is 12.5. The number of imide groups is 1. The average Bonchev–Trinajstić information content (AvgIpc) is 4.00. The van der Waals surface area contributed by atoms with Crippen LogP contribution in [-0.4, -0.2) is 90.3 Å². The molecule has 4 aliphatic rings. The van der Waals surface area contributed by atoms with Crippen LogP contribution < -0.4 is 21.3 Å². The summed E-state index contributed by atoms with van der Waals surface area (Å²) < 4.78 is 1.80. The monoisotopic (exact) mass is 822 g/mol. The Hall–Kier alpha value is -6.45. The number of hydrogen-bond donors (Lipinski definition) is 5. The first-order valence-electron chi connectivity index (χ1n) is 21.3. The smallest absolute Gasteiger partial charge is 0.255 e. The number of benzene rings is 3. The van der Waals surface area contributed by atoms with Gasteiger partial charge in [-0.15, -0.1) is 5.10 Å². The van der Waals surface area contributed by atoms with Crippen molar-refractivity contribution in [1.29, 1.82) is 0 Å². The van der Waals surface area contributed by atoms with Crippen LogP contribution in [-0.2, 0) is 40.4 Å². The van der Waals surface area contributed by atoms with Gasteiger partial charge in [0.2, 0.25) is 17.7 Å². The van der Waals surface area contributed by atoms with Crippen LogP contribution in [0.5, 0.6) is 0 Å². The summed E-state index contributed by atoms with van der Waals surface area (Å²) in [5, 5.41) is 31.4. The quantitative estimate of drug-likeness (QED) is 0.0714. The number of hydrogen-bond acceptors (Lipinski definition) is 11. The highest BCUT2D eigenvalue weighted by atomic mass is 16.3. The molecule has 15 nitrogen and oxygen atoms in total. The molecule has 5 N–H and O–H groups in total. The van der Waals surface area contributed by atoms with Crippen molar-refractivity contribution in [2.45, 2.75) is 82.7 Å². The van der Waals surface area contributed by atoms with Crippen molar-refractivity contribution in [1.82, 2.24) is 35.1 Å². The first-order valence-corrected chi connectivity index (χ1v) is 21.3. The standard InChI is InChI=1S/C46H50N10O5/c57-28-40-35-17-22-54(25-29-15-19-47-20-16-29)44(35)36-24-31(11-12-39(36)50-40)30-5-1-6-32(23-30)49-42(58)10-2-7-33-26-55(53-52-33)21-4-18-48-38-9-3-8-34-37(38)27-56(46(34)61)41-13-14-43(59)51-45(41)60/h1,3,5-6,8-9,11-12,15-16,19-20,23-24,26,35,40-41,44,48,50,57H,2,4,7,10,13-14,17-18,21-22,25,27-28H2,(H,49,58)(H,51,59,60)/t35-,40-,41?,44-/m1/s1. The van der Waals surface area contributed by atoms with Crippen LogP contribution in [0.3, 0.4) is 0 Å². The number of carbonyl (C=O) groups is 4. The topological polar surface area (TPSA) is 187 Å². The highest BCUT2D eigenvalue weighted by molar-refractivity contribution is 6.06. The van der Waals surface area contributed by atoms with Gasteiger partial charge in [-0.25, -0.2) is 0 Å². The number of fused-ring (bicyclic) bond motifs is 4. The van der Waals surface area contributed by atoms with Crippen molar-refractivity contribution in [3.8, 4) is 11.1 Å². The number of nitrogens with zero attached hydrogens (tertiary/aromatic N) is 6. The summed E-state index contributed by atoms with van der Waals surface area (Å²) in [6.07, 6.45) is 9.51. The molecule has 5 aromatic rings. The second-order valence-corrected chi connectivity index (χ2v) is 16.4. The van der Waals surface area contributed by atoms with Crippen molar-refractivity contribution in [3.05, 3.63) is 119 Å². The van der Waals surface area contributed by atoms with Gasteiger partial charge in [0.1, 0.15) is 6.04 Å². The van der Waals surface area contributed by atoms with Crippen LogP contribution in [0.4, 0.5) is 17.1 Å². The maximum absolute atomic E-state index is 13.2. The summed E-state index contributed by atoms with van der Waals surface area (Å²) in [6.45, 7) is 3.47. The number of piperidine rings is 1. The molecular weight excluding hydrogens is 773 g/mol. The molecule has 2 saturated heterocycles. The van der Waals surface area contributed by atoms with Crippen LogP contribution in [0.2, 0.25) is 0 Å². The van der Waals surface area contributed by atoms with E-state index < -0.39 is 11.9 Å². The molecule has 0 radical (unpaired) electrons. The van der Waals surface area contributed by atoms with Gasteiger partial charge in [0.15, 0.2) is 0 Å². The lowest BCUT2D eigenvalue weighted by Gasteiger charge is -2.39. The van der Waals surface area contributed by atoms with Crippen LogP contribution in [0, 0.1) is 5.92 Å². The van der Waals surface area contributed by atoms with E-state index in [2.05, 4.69) is 77.9 Å². The summed E-state index contributed by atoms with van der Waals surface area (Å²) in [4.78, 5) is 58.6. The van der Waals surface area contributed by atoms with Gasteiger partial charge in [0.25, 0.3) is 5.91 Å². The Bertz CT molecular complexity index is 2440. The van der Waals surface area contributed by atoms with E-state index in [4.69, 9.17) is 0 Å². The Morgan fingerprint density at radius 1 is 0.951 bits per heavy atom. The summed E-state index contributed by atoms with van der Waals surface area (Å²) in [6, 6.07) is 23.7. The van der Waals surface area contributed by atoms with Gasteiger partial charge in [0, 0.05) is 97.8 Å². The van der Waals surface area contributed by atoms with E-state index in [9.17, 15) is 24.3 Å². The van der Waals surface area contributed by atoms with Gasteiger partial charge in [0.05, 0.1) is 18.3 Å². The number of aliphatic hydroxyl groups excluding tert-OH is 1. The lowest BCUT2D eigenvalue weighted by atomic mass is 9.82. The van der Waals surface area contributed by atoms with E-state index in [0.29, 0.717) is 56.8 Å². The first-order chi connectivity index (χ1) is 29.8. The normalized spacial score (nSPS) is 20.7. The number of nitrogens with one attached hydrogen (secondary N) is 4. The van der Waals surface area contributed by atoms with E-state index in [0.717, 1.165) is 65.4 Å². The van der Waals surface area contributed by atoms with E-state index in [-0.39, 0.29) is 42.8 Å². The van der Waals surface area contributed by atoms with E-state index >= 15 is 0 Å². The van der Waals surface area contributed by atoms with Gasteiger partial charge >= 0.3 is 0 Å². The minimum absolute atomic E-state index is 0.00612. The second-order valence-electron chi connectivity index (χ2n) is 16.4. The fraction of sp³-hybridized carbons (Fsp3) is 0.370. The molecule has 9 rings (SSSR count). The maximum Gasteiger partial charge on any atom is 0.255 e. The Labute approximate surface area is 353 Å². The molecule has 4 atom stereocenters. The van der Waals surface area contributed by atoms with Gasteiger partial charge in [-0.05, 0) is 109 Å². The summed E-state index contributed by atoms with van der Waals surface area (Å²) in [5.41, 5.74) is 9.46. The van der Waals surface area contributed by atoms with Crippen LogP contribution >= 0.6 is 0 Å². The molecule has 0 spiro atoms. The van der Waals surface area contributed by atoms with Gasteiger partial charge < -0.3 is 26.0 Å². The summed E-state index contributed by atoms with van der Waals surface area (Å²) in [7, 11) is 0. The predicted octanol–water partition coefficient (Wildman–Crippen LogP) is 4.91. The van der Waals surface area contributed by atoms with Gasteiger partial charge in [-0.2, -0.15) is 0 Å². The number of likely N-dealkylation sites (tertiary alicyclic amines) is 1. The fourth-order valence-corrected chi connectivity index (χ4v) is 9.45. The maximum atomic E-state index is 13.2. The van der Waals surface area contributed by atoms with E-state index in [1.165, 1.54) is 11.1 Å². The van der Waals surface area contributed by atoms with E-state index in [1.54, 1.807) is 15.6 Å². The molecule has 2 aromatic heterocycles. The van der Waals surface area contributed by atoms with Gasteiger partial charge in [-0.1, -0.05) is 29.5 Å². The molecule has 314 valence electrons. The van der Waals surface area contributed by atoms with Crippen LogP contribution in [0.15, 0.2) is 91.4 Å². The molecule has 15 heteroatoms. The number of amides is 4. The molecule has 6 heterocycles. The highest BCUT2D eigenvalue weighted by Gasteiger charge is 2.44. The molecule has 1 unspecified atom stereocenters. The van der Waals surface area contributed by atoms with Crippen molar-refractivity contribution < 1.29 is 24.3 Å². The van der Waals surface area contributed by atoms with Gasteiger partial charge in [-0.3, -0.25) is 39.1 Å². The molecule has 4 amide bonds. The summed E-state index contributed by atoms with van der Waals surface area (Å²) >= 11 is 0. The number of aliphatic hydroxyl groups is 1. The Balaban J connectivity index is 0.746. The zero-order chi connectivity index (χ0) is 41.9. The fourth-order valence-electron chi connectivity index (χ4n) is 9.45. The molecule has 0 aliphatic carbocycles. The van der Waals surface area contributed by atoms with Crippen molar-refractivity contribution in [3.63, 3.8) is 0 Å². The molecular formula is C46H50N10O5. The molecule has 2 fully saturated rings. The van der Waals surface area contributed by atoms with E-state index in [1.807, 2.05) is 48.9 Å². The number of carbonyl (C=O) groups excluding carboxylic acids is 4. The lowest BCUT2D eigenvalue weighted by molar-refractivity contribution is -0.137. The third kappa shape index (κ3) is 8.61. The first kappa shape index (κ1) is 40.0.